The van der Waals surface area contributed by atoms with Gasteiger partial charge in [-0.3, -0.25) is 4.90 Å². The first-order valence-corrected chi connectivity index (χ1v) is 11.0. The molecule has 4 nitrogen and oxygen atoms in total. The van der Waals surface area contributed by atoms with Crippen molar-refractivity contribution in [1.29, 1.82) is 0 Å². The Labute approximate surface area is 193 Å². The van der Waals surface area contributed by atoms with Gasteiger partial charge in [0.15, 0.2) is 0 Å². The van der Waals surface area contributed by atoms with Crippen molar-refractivity contribution < 1.29 is 13.9 Å². The number of nitrogens with zero attached hydrogens (tertiary/aromatic N) is 2. The lowest BCUT2D eigenvalue weighted by atomic mass is 9.77. The second kappa shape index (κ2) is 9.31. The molecule has 0 aliphatic carbocycles. The summed E-state index contributed by atoms with van der Waals surface area (Å²) >= 11 is 6.13. The van der Waals surface area contributed by atoms with E-state index in [0.717, 1.165) is 18.7 Å². The zero-order valence-electron chi connectivity index (χ0n) is 18.2. The summed E-state index contributed by atoms with van der Waals surface area (Å²) in [7, 11) is 1.76. The van der Waals surface area contributed by atoms with E-state index in [-0.39, 0.29) is 17.3 Å². The number of carbonyl (C=O) groups is 1. The standard InChI is InChI=1S/C26H26ClFN2O2/c1-26(20-8-10-21(27)11-9-20)18-30(16-19-6-4-3-5-7-19)17-24(26)29(2)25(31)32-23-14-12-22(28)13-15-23/h3-15,24H,16-18H2,1-2H3. The highest BCUT2D eigenvalue weighted by Gasteiger charge is 2.47. The number of likely N-dealkylation sites (tertiary alicyclic amines) is 1. The zero-order valence-corrected chi connectivity index (χ0v) is 18.9. The molecule has 0 N–H and O–H groups in total. The van der Waals surface area contributed by atoms with Crippen molar-refractivity contribution in [3.63, 3.8) is 0 Å². The molecule has 1 aliphatic heterocycles. The fourth-order valence-electron chi connectivity index (χ4n) is 4.51. The Morgan fingerprint density at radius 3 is 2.41 bits per heavy atom. The molecule has 1 aliphatic rings. The van der Waals surface area contributed by atoms with Gasteiger partial charge in [0.05, 0.1) is 6.04 Å². The average Bonchev–Trinajstić information content (AvgIpc) is 3.12. The predicted molar refractivity (Wildman–Crippen MR) is 124 cm³/mol. The molecule has 2 atom stereocenters. The van der Waals surface area contributed by atoms with E-state index in [1.165, 1.54) is 29.8 Å². The smallest absolute Gasteiger partial charge is 0.410 e. The summed E-state index contributed by atoms with van der Waals surface area (Å²) in [6.07, 6.45) is -0.469. The van der Waals surface area contributed by atoms with Crippen LogP contribution in [0.25, 0.3) is 0 Å². The van der Waals surface area contributed by atoms with Crippen molar-refractivity contribution in [2.24, 2.45) is 0 Å². The molecule has 0 radical (unpaired) electrons. The maximum absolute atomic E-state index is 13.2. The molecular formula is C26H26ClFN2O2. The molecule has 1 saturated heterocycles. The molecule has 4 rings (SSSR count). The lowest BCUT2D eigenvalue weighted by Gasteiger charge is -2.36. The molecule has 0 saturated carbocycles. The van der Waals surface area contributed by atoms with Gasteiger partial charge in [-0.05, 0) is 47.5 Å². The Balaban J connectivity index is 1.58. The molecule has 1 amide bonds. The summed E-state index contributed by atoms with van der Waals surface area (Å²) in [5.74, 6) is -0.0589. The number of rotatable bonds is 5. The van der Waals surface area contributed by atoms with Gasteiger partial charge in [-0.25, -0.2) is 9.18 Å². The van der Waals surface area contributed by atoms with E-state index >= 15 is 0 Å². The molecule has 3 aromatic carbocycles. The van der Waals surface area contributed by atoms with Crippen LogP contribution in [0.5, 0.6) is 5.75 Å². The summed E-state index contributed by atoms with van der Waals surface area (Å²) in [5.41, 5.74) is 2.02. The third kappa shape index (κ3) is 4.79. The van der Waals surface area contributed by atoms with E-state index in [9.17, 15) is 9.18 Å². The Kier molecular flexibility index (Phi) is 6.49. The van der Waals surface area contributed by atoms with Crippen LogP contribution in [-0.2, 0) is 12.0 Å². The van der Waals surface area contributed by atoms with Crippen molar-refractivity contribution in [2.45, 2.75) is 24.9 Å². The van der Waals surface area contributed by atoms with Gasteiger partial charge in [0.25, 0.3) is 0 Å². The average molecular weight is 453 g/mol. The van der Waals surface area contributed by atoms with E-state index in [1.54, 1.807) is 11.9 Å². The van der Waals surface area contributed by atoms with Crippen molar-refractivity contribution in [3.05, 3.63) is 101 Å². The minimum atomic E-state index is -0.469. The van der Waals surface area contributed by atoms with Crippen LogP contribution >= 0.6 is 11.6 Å². The van der Waals surface area contributed by atoms with Gasteiger partial charge in [-0.2, -0.15) is 0 Å². The Morgan fingerprint density at radius 1 is 1.09 bits per heavy atom. The van der Waals surface area contributed by atoms with Crippen LogP contribution in [0.4, 0.5) is 9.18 Å². The fraction of sp³-hybridized carbons (Fsp3) is 0.269. The maximum Gasteiger partial charge on any atom is 0.415 e. The van der Waals surface area contributed by atoms with Gasteiger partial charge < -0.3 is 9.64 Å². The highest BCUT2D eigenvalue weighted by Crippen LogP contribution is 2.38. The first-order valence-electron chi connectivity index (χ1n) is 10.6. The molecule has 2 unspecified atom stereocenters. The molecule has 0 spiro atoms. The normalized spacial score (nSPS) is 20.8. The minimum Gasteiger partial charge on any atom is -0.410 e. The molecule has 0 aromatic heterocycles. The molecule has 1 heterocycles. The van der Waals surface area contributed by atoms with Crippen LogP contribution in [0.3, 0.4) is 0 Å². The fourth-order valence-corrected chi connectivity index (χ4v) is 4.64. The SMILES string of the molecule is CN(C(=O)Oc1ccc(F)cc1)C1CN(Cc2ccccc2)CC1(C)c1ccc(Cl)cc1. The van der Waals surface area contributed by atoms with Crippen molar-refractivity contribution in [1.82, 2.24) is 9.80 Å². The molecule has 1 fully saturated rings. The summed E-state index contributed by atoms with van der Waals surface area (Å²) in [6, 6.07) is 23.5. The van der Waals surface area contributed by atoms with Gasteiger partial charge in [-0.1, -0.05) is 61.0 Å². The quantitative estimate of drug-likeness (QED) is 0.494. The number of hydrogen-bond acceptors (Lipinski definition) is 3. The van der Waals surface area contributed by atoms with Crippen molar-refractivity contribution in [2.75, 3.05) is 20.1 Å². The number of likely N-dealkylation sites (N-methyl/N-ethyl adjacent to an activating group) is 1. The Bertz CT molecular complexity index is 1060. The molecule has 0 bridgehead atoms. The zero-order chi connectivity index (χ0) is 22.7. The highest BCUT2D eigenvalue weighted by molar-refractivity contribution is 6.30. The van der Waals surface area contributed by atoms with E-state index in [0.29, 0.717) is 17.3 Å². The number of benzene rings is 3. The molecule has 32 heavy (non-hydrogen) atoms. The molecule has 3 aromatic rings. The summed E-state index contributed by atoms with van der Waals surface area (Å²) in [6.45, 7) is 4.44. The predicted octanol–water partition coefficient (Wildman–Crippen LogP) is 5.75. The maximum atomic E-state index is 13.2. The van der Waals surface area contributed by atoms with Crippen molar-refractivity contribution in [3.8, 4) is 5.75 Å². The van der Waals surface area contributed by atoms with E-state index in [4.69, 9.17) is 16.3 Å². The van der Waals surface area contributed by atoms with E-state index in [2.05, 4.69) is 24.0 Å². The minimum absolute atomic E-state index is 0.125. The number of amides is 1. The van der Waals surface area contributed by atoms with Gasteiger partial charge in [0, 0.05) is 37.1 Å². The van der Waals surface area contributed by atoms with Gasteiger partial charge in [0.2, 0.25) is 0 Å². The Morgan fingerprint density at radius 2 is 1.75 bits per heavy atom. The number of ether oxygens (including phenoxy) is 1. The van der Waals surface area contributed by atoms with Crippen molar-refractivity contribution >= 4 is 17.7 Å². The van der Waals surface area contributed by atoms with Crippen LogP contribution in [0, 0.1) is 5.82 Å². The van der Waals surface area contributed by atoms with Gasteiger partial charge in [0.1, 0.15) is 11.6 Å². The van der Waals surface area contributed by atoms with Gasteiger partial charge >= 0.3 is 6.09 Å². The van der Waals surface area contributed by atoms with Crippen LogP contribution in [0.15, 0.2) is 78.9 Å². The third-order valence-corrected chi connectivity index (χ3v) is 6.50. The van der Waals surface area contributed by atoms with Crippen LogP contribution in [0.1, 0.15) is 18.1 Å². The lowest BCUT2D eigenvalue weighted by Crippen LogP contribution is -2.50. The molecule has 166 valence electrons. The third-order valence-electron chi connectivity index (χ3n) is 6.25. The Hall–Kier alpha value is -2.89. The summed E-state index contributed by atoms with van der Waals surface area (Å²) < 4.78 is 18.7. The second-order valence-corrected chi connectivity index (χ2v) is 8.96. The second-order valence-electron chi connectivity index (χ2n) is 8.53. The van der Waals surface area contributed by atoms with Crippen LogP contribution in [-0.4, -0.2) is 42.1 Å². The summed E-state index contributed by atoms with van der Waals surface area (Å²) in [4.78, 5) is 17.0. The molecule has 6 heteroatoms. The van der Waals surface area contributed by atoms with Crippen LogP contribution < -0.4 is 4.74 Å². The first kappa shape index (κ1) is 22.3. The summed E-state index contributed by atoms with van der Waals surface area (Å²) in [5, 5.41) is 0.678. The van der Waals surface area contributed by atoms with E-state index in [1.807, 2.05) is 42.5 Å². The monoisotopic (exact) mass is 452 g/mol. The van der Waals surface area contributed by atoms with Crippen LogP contribution in [0.2, 0.25) is 5.02 Å². The van der Waals surface area contributed by atoms with Gasteiger partial charge in [-0.15, -0.1) is 0 Å². The van der Waals surface area contributed by atoms with E-state index < -0.39 is 6.09 Å². The topological polar surface area (TPSA) is 32.8 Å². The highest BCUT2D eigenvalue weighted by atomic mass is 35.5. The number of carbonyl (C=O) groups excluding carboxylic acids is 1. The number of hydrogen-bond donors (Lipinski definition) is 0. The largest absolute Gasteiger partial charge is 0.415 e. The number of halogens is 2. The molecular weight excluding hydrogens is 427 g/mol. The first-order chi connectivity index (χ1) is 15.3. The lowest BCUT2D eigenvalue weighted by molar-refractivity contribution is 0.132.